The van der Waals surface area contributed by atoms with Gasteiger partial charge in [-0.15, -0.1) is 11.8 Å². The van der Waals surface area contributed by atoms with Crippen molar-refractivity contribution >= 4 is 51.1 Å². The molecule has 0 bridgehead atoms. The molecule has 4 heterocycles. The van der Waals surface area contributed by atoms with Crippen LogP contribution in [0, 0.1) is 0 Å². The van der Waals surface area contributed by atoms with Crippen molar-refractivity contribution in [3.63, 3.8) is 0 Å². The smallest absolute Gasteiger partial charge is 0.162 e. The maximum Gasteiger partial charge on any atom is 0.162 e. The Balaban J connectivity index is 1.30. The molecule has 32 heavy (non-hydrogen) atoms. The van der Waals surface area contributed by atoms with Crippen molar-refractivity contribution in [2.45, 2.75) is 11.4 Å². The highest BCUT2D eigenvalue weighted by Gasteiger charge is 2.13. The highest BCUT2D eigenvalue weighted by molar-refractivity contribution is 7.99. The number of nitrogens with zero attached hydrogens (tertiary/aromatic N) is 5. The summed E-state index contributed by atoms with van der Waals surface area (Å²) < 4.78 is 5.44. The average molecular weight is 470 g/mol. The Morgan fingerprint density at radius 1 is 1.19 bits per heavy atom. The second kappa shape index (κ2) is 9.99. The van der Waals surface area contributed by atoms with Crippen molar-refractivity contribution < 1.29 is 4.74 Å². The molecule has 4 aromatic rings. The molecule has 0 spiro atoms. The number of rotatable bonds is 8. The van der Waals surface area contributed by atoms with Crippen LogP contribution >= 0.6 is 23.4 Å². The van der Waals surface area contributed by atoms with Crippen LogP contribution in [0.2, 0.25) is 5.02 Å². The van der Waals surface area contributed by atoms with Crippen LogP contribution in [0.3, 0.4) is 0 Å². The highest BCUT2D eigenvalue weighted by Crippen LogP contribution is 2.32. The number of anilines is 1. The zero-order valence-electron chi connectivity index (χ0n) is 17.6. The molecule has 0 radical (unpaired) electrons. The molecule has 0 unspecified atom stereocenters. The van der Waals surface area contributed by atoms with Crippen LogP contribution in [0.15, 0.2) is 41.9 Å². The summed E-state index contributed by atoms with van der Waals surface area (Å²) in [6.45, 7) is 5.33. The second-order valence-electron chi connectivity index (χ2n) is 7.56. The van der Waals surface area contributed by atoms with Gasteiger partial charge in [0.15, 0.2) is 11.5 Å². The van der Waals surface area contributed by atoms with E-state index < -0.39 is 0 Å². The molecule has 8 nitrogen and oxygen atoms in total. The largest absolute Gasteiger partial charge is 0.379 e. The molecule has 1 aliphatic heterocycles. The molecule has 0 aliphatic carbocycles. The molecular formula is C22H24ClN7OS. The van der Waals surface area contributed by atoms with Crippen LogP contribution in [0.1, 0.15) is 5.69 Å². The third-order valence-electron chi connectivity index (χ3n) is 5.47. The predicted octanol–water partition coefficient (Wildman–Crippen LogP) is 3.63. The summed E-state index contributed by atoms with van der Waals surface area (Å²) in [6, 6.07) is 8.15. The van der Waals surface area contributed by atoms with Crippen molar-refractivity contribution in [3.05, 3.63) is 47.6 Å². The van der Waals surface area contributed by atoms with Gasteiger partial charge in [-0.2, -0.15) is 0 Å². The van der Waals surface area contributed by atoms with Gasteiger partial charge < -0.3 is 15.0 Å². The fourth-order valence-corrected chi connectivity index (χ4v) is 5.24. The summed E-state index contributed by atoms with van der Waals surface area (Å²) in [6.07, 6.45) is 3.91. The van der Waals surface area contributed by atoms with Crippen molar-refractivity contribution in [1.29, 1.82) is 0 Å². The number of thioether (sulfide) groups is 1. The van der Waals surface area contributed by atoms with Gasteiger partial charge in [0.05, 0.1) is 24.6 Å². The maximum atomic E-state index is 6.55. The van der Waals surface area contributed by atoms with Gasteiger partial charge in [-0.1, -0.05) is 23.7 Å². The fraction of sp³-hybridized carbons (Fsp3) is 0.364. The molecule has 1 aromatic carbocycles. The van der Waals surface area contributed by atoms with E-state index in [0.29, 0.717) is 6.54 Å². The van der Waals surface area contributed by atoms with Crippen LogP contribution in [0.25, 0.3) is 21.9 Å². The van der Waals surface area contributed by atoms with E-state index in [0.717, 1.165) is 88.5 Å². The van der Waals surface area contributed by atoms with Crippen LogP contribution < -0.4 is 5.32 Å². The zero-order chi connectivity index (χ0) is 21.8. The zero-order valence-corrected chi connectivity index (χ0v) is 19.1. The first kappa shape index (κ1) is 21.4. The van der Waals surface area contributed by atoms with Crippen LogP contribution in [-0.4, -0.2) is 75.0 Å². The minimum Gasteiger partial charge on any atom is -0.379 e. The predicted molar refractivity (Wildman–Crippen MR) is 129 cm³/mol. The average Bonchev–Trinajstić information content (AvgIpc) is 3.30. The van der Waals surface area contributed by atoms with E-state index in [1.807, 2.05) is 12.1 Å². The van der Waals surface area contributed by atoms with Crippen LogP contribution in [0.4, 0.5) is 5.82 Å². The summed E-state index contributed by atoms with van der Waals surface area (Å²) >= 11 is 8.33. The summed E-state index contributed by atoms with van der Waals surface area (Å²) in [5.74, 6) is 1.69. The van der Waals surface area contributed by atoms with Gasteiger partial charge in [-0.25, -0.2) is 19.9 Å². The molecule has 5 rings (SSSR count). The van der Waals surface area contributed by atoms with Gasteiger partial charge in [0.25, 0.3) is 0 Å². The first-order valence-electron chi connectivity index (χ1n) is 10.7. The summed E-state index contributed by atoms with van der Waals surface area (Å²) in [7, 11) is 0. The number of imidazole rings is 1. The van der Waals surface area contributed by atoms with E-state index >= 15 is 0 Å². The monoisotopic (exact) mass is 469 g/mol. The number of fused-ring (bicyclic) bond motifs is 2. The number of aromatic amines is 1. The van der Waals surface area contributed by atoms with Crippen molar-refractivity contribution in [3.8, 4) is 0 Å². The molecule has 1 aliphatic rings. The fourth-order valence-electron chi connectivity index (χ4n) is 3.82. The first-order valence-corrected chi connectivity index (χ1v) is 12.0. The normalized spacial score (nSPS) is 14.9. The second-order valence-corrected chi connectivity index (χ2v) is 9.05. The van der Waals surface area contributed by atoms with Gasteiger partial charge in [0, 0.05) is 49.4 Å². The Morgan fingerprint density at radius 2 is 2.09 bits per heavy atom. The van der Waals surface area contributed by atoms with E-state index in [4.69, 9.17) is 21.3 Å². The molecule has 0 amide bonds. The SMILES string of the molecule is Clc1cccc2cc(CCNc3ncnc4[nH]cnc34)nc(SCCN3CCOCC3)c12. The molecular weight excluding hydrogens is 446 g/mol. The number of benzene rings is 1. The Labute approximate surface area is 195 Å². The quantitative estimate of drug-likeness (QED) is 0.378. The summed E-state index contributed by atoms with van der Waals surface area (Å²) in [4.78, 5) is 23.2. The number of hydrogen-bond acceptors (Lipinski definition) is 8. The number of pyridine rings is 1. The number of nitrogens with one attached hydrogen (secondary N) is 2. The molecule has 3 aromatic heterocycles. The van der Waals surface area contributed by atoms with E-state index in [1.165, 1.54) is 6.33 Å². The van der Waals surface area contributed by atoms with Crippen LogP contribution in [-0.2, 0) is 11.2 Å². The molecule has 2 N–H and O–H groups in total. The molecule has 0 saturated carbocycles. The molecule has 1 saturated heterocycles. The Hall–Kier alpha value is -2.46. The minimum absolute atomic E-state index is 0.690. The lowest BCUT2D eigenvalue weighted by atomic mass is 10.1. The van der Waals surface area contributed by atoms with Crippen molar-refractivity contribution in [1.82, 2.24) is 29.8 Å². The number of halogens is 1. The number of hydrogen-bond donors (Lipinski definition) is 2. The third kappa shape index (κ3) is 4.80. The van der Waals surface area contributed by atoms with E-state index in [1.54, 1.807) is 18.1 Å². The third-order valence-corrected chi connectivity index (χ3v) is 6.74. The van der Waals surface area contributed by atoms with Crippen molar-refractivity contribution in [2.24, 2.45) is 0 Å². The van der Waals surface area contributed by atoms with Gasteiger partial charge in [0.1, 0.15) is 16.9 Å². The number of ether oxygens (including phenoxy) is 1. The standard InChI is InChI=1S/C22H24ClN7OS/c23-17-3-1-2-15-12-16(4-5-24-20-19-21(26-13-25-19)28-14-27-20)29-22(18(15)17)32-11-8-30-6-9-31-10-7-30/h1-3,12-14H,4-11H2,(H2,24,25,26,27,28). The van der Waals surface area contributed by atoms with E-state index in [2.05, 4.69) is 42.3 Å². The Morgan fingerprint density at radius 3 is 3.00 bits per heavy atom. The topological polar surface area (TPSA) is 91.9 Å². The van der Waals surface area contributed by atoms with Crippen molar-refractivity contribution in [2.75, 3.05) is 50.5 Å². The molecule has 0 atom stereocenters. The molecule has 1 fully saturated rings. The lowest BCUT2D eigenvalue weighted by molar-refractivity contribution is 0.0410. The van der Waals surface area contributed by atoms with E-state index in [-0.39, 0.29) is 0 Å². The highest BCUT2D eigenvalue weighted by atomic mass is 35.5. The molecule has 166 valence electrons. The lowest BCUT2D eigenvalue weighted by Gasteiger charge is -2.26. The summed E-state index contributed by atoms with van der Waals surface area (Å²) in [5, 5.41) is 7.25. The maximum absolute atomic E-state index is 6.55. The summed E-state index contributed by atoms with van der Waals surface area (Å²) in [5.41, 5.74) is 2.48. The van der Waals surface area contributed by atoms with Crippen LogP contribution in [0.5, 0.6) is 0 Å². The van der Waals surface area contributed by atoms with Gasteiger partial charge in [-0.3, -0.25) is 4.90 Å². The minimum atomic E-state index is 0.690. The van der Waals surface area contributed by atoms with Gasteiger partial charge >= 0.3 is 0 Å². The Kier molecular flexibility index (Phi) is 6.68. The first-order chi connectivity index (χ1) is 15.8. The number of aromatic nitrogens is 5. The molecule has 10 heteroatoms. The lowest BCUT2D eigenvalue weighted by Crippen LogP contribution is -2.37. The van der Waals surface area contributed by atoms with E-state index in [9.17, 15) is 0 Å². The Bertz CT molecular complexity index is 1210. The van der Waals surface area contributed by atoms with Gasteiger partial charge in [0.2, 0.25) is 0 Å². The van der Waals surface area contributed by atoms with Gasteiger partial charge in [-0.05, 0) is 17.5 Å². The number of morpholine rings is 1. The number of H-pyrrole nitrogens is 1.